The topological polar surface area (TPSA) is 41.5 Å². The predicted octanol–water partition coefficient (Wildman–Crippen LogP) is 4.18. The molecule has 0 aliphatic heterocycles. The summed E-state index contributed by atoms with van der Waals surface area (Å²) in [7, 11) is 0. The molecule has 0 radical (unpaired) electrons. The van der Waals surface area contributed by atoms with Crippen LogP contribution in [0.2, 0.25) is 0 Å². The first-order valence-corrected chi connectivity index (χ1v) is 8.76. The zero-order valence-corrected chi connectivity index (χ0v) is 15.8. The minimum Gasteiger partial charge on any atom is -0.491 e. The summed E-state index contributed by atoms with van der Waals surface area (Å²) in [6.45, 7) is 14.1. The van der Waals surface area contributed by atoms with Crippen molar-refractivity contribution in [3.63, 3.8) is 0 Å². The second kappa shape index (κ2) is 8.70. The third-order valence-electron chi connectivity index (χ3n) is 3.69. The van der Waals surface area contributed by atoms with Crippen LogP contribution in [0.15, 0.2) is 24.3 Å². The molecular weight excluding hydrogens is 286 g/mol. The quantitative estimate of drug-likeness (QED) is 0.717. The van der Waals surface area contributed by atoms with E-state index in [4.69, 9.17) is 4.74 Å². The average molecular weight is 322 g/mol. The Bertz CT molecular complexity index is 446. The van der Waals surface area contributed by atoms with Crippen molar-refractivity contribution in [3.05, 3.63) is 29.8 Å². The van der Waals surface area contributed by atoms with E-state index >= 15 is 0 Å². The molecular formula is C20H35NO2. The van der Waals surface area contributed by atoms with E-state index in [1.54, 1.807) is 0 Å². The van der Waals surface area contributed by atoms with Crippen molar-refractivity contribution in [1.82, 2.24) is 5.32 Å². The van der Waals surface area contributed by atoms with Gasteiger partial charge in [0.1, 0.15) is 18.5 Å². The molecule has 132 valence electrons. The van der Waals surface area contributed by atoms with Gasteiger partial charge in [-0.1, -0.05) is 46.2 Å². The molecule has 0 aromatic heterocycles. The van der Waals surface area contributed by atoms with Gasteiger partial charge in [-0.2, -0.15) is 0 Å². The van der Waals surface area contributed by atoms with Gasteiger partial charge in [0.2, 0.25) is 0 Å². The Morgan fingerprint density at radius 2 is 1.70 bits per heavy atom. The summed E-state index contributed by atoms with van der Waals surface area (Å²) >= 11 is 0. The highest BCUT2D eigenvalue weighted by Crippen LogP contribution is 2.26. The molecule has 0 saturated carbocycles. The number of aliphatic hydroxyl groups excluding tert-OH is 1. The van der Waals surface area contributed by atoms with Gasteiger partial charge in [-0.3, -0.25) is 0 Å². The minimum absolute atomic E-state index is 0.00102. The van der Waals surface area contributed by atoms with Gasteiger partial charge in [-0.05, 0) is 49.8 Å². The lowest BCUT2D eigenvalue weighted by molar-refractivity contribution is 0.0944. The van der Waals surface area contributed by atoms with E-state index in [2.05, 4.69) is 59.0 Å². The van der Waals surface area contributed by atoms with Crippen molar-refractivity contribution in [3.8, 4) is 5.75 Å². The molecule has 1 aromatic carbocycles. The van der Waals surface area contributed by atoms with E-state index in [0.29, 0.717) is 13.2 Å². The highest BCUT2D eigenvalue weighted by atomic mass is 16.5. The summed E-state index contributed by atoms with van der Waals surface area (Å²) in [4.78, 5) is 0. The molecule has 1 rings (SSSR count). The van der Waals surface area contributed by atoms with Gasteiger partial charge in [0.25, 0.3) is 0 Å². The van der Waals surface area contributed by atoms with E-state index in [1.165, 1.54) is 5.56 Å². The predicted molar refractivity (Wildman–Crippen MR) is 98.1 cm³/mol. The Morgan fingerprint density at radius 1 is 1.09 bits per heavy atom. The zero-order chi connectivity index (χ0) is 17.5. The smallest absolute Gasteiger partial charge is 0.119 e. The van der Waals surface area contributed by atoms with Crippen molar-refractivity contribution in [1.29, 1.82) is 0 Å². The maximum absolute atomic E-state index is 10.1. The summed E-state index contributed by atoms with van der Waals surface area (Å²) < 4.78 is 5.68. The second-order valence-electron chi connectivity index (χ2n) is 8.36. The summed E-state index contributed by atoms with van der Waals surface area (Å²) in [6.07, 6.45) is 2.78. The van der Waals surface area contributed by atoms with E-state index in [1.807, 2.05) is 12.1 Å². The molecule has 2 N–H and O–H groups in total. The van der Waals surface area contributed by atoms with E-state index in [0.717, 1.165) is 25.0 Å². The fraction of sp³-hybridized carbons (Fsp3) is 0.700. The monoisotopic (exact) mass is 321 g/mol. The highest BCUT2D eigenvalue weighted by molar-refractivity contribution is 5.27. The van der Waals surface area contributed by atoms with Gasteiger partial charge >= 0.3 is 0 Å². The van der Waals surface area contributed by atoms with Gasteiger partial charge < -0.3 is 15.2 Å². The van der Waals surface area contributed by atoms with Crippen molar-refractivity contribution in [2.45, 2.75) is 72.4 Å². The van der Waals surface area contributed by atoms with Gasteiger partial charge in [-0.25, -0.2) is 0 Å². The summed E-state index contributed by atoms with van der Waals surface area (Å²) in [5, 5.41) is 13.6. The first-order valence-electron chi connectivity index (χ1n) is 8.76. The van der Waals surface area contributed by atoms with Crippen LogP contribution in [0.25, 0.3) is 0 Å². The van der Waals surface area contributed by atoms with Gasteiger partial charge in [-0.15, -0.1) is 0 Å². The second-order valence-corrected chi connectivity index (χ2v) is 8.36. The molecule has 0 bridgehead atoms. The van der Waals surface area contributed by atoms with Crippen LogP contribution in [0, 0.1) is 5.41 Å². The molecule has 0 amide bonds. The lowest BCUT2D eigenvalue weighted by atomic mass is 9.82. The van der Waals surface area contributed by atoms with Crippen molar-refractivity contribution in [2.75, 3.05) is 13.2 Å². The Labute approximate surface area is 142 Å². The number of hydrogen-bond donors (Lipinski definition) is 2. The van der Waals surface area contributed by atoms with Gasteiger partial charge in [0.15, 0.2) is 0 Å². The van der Waals surface area contributed by atoms with Crippen LogP contribution in [-0.2, 0) is 6.42 Å². The van der Waals surface area contributed by atoms with Crippen molar-refractivity contribution in [2.24, 2.45) is 5.41 Å². The lowest BCUT2D eigenvalue weighted by Crippen LogP contribution is -2.46. The Balaban J connectivity index is 2.35. The number of nitrogens with one attached hydrogen (secondary N) is 1. The molecule has 1 atom stereocenters. The molecule has 0 spiro atoms. The SMILES string of the molecule is CCCc1ccc(OCC(O)CNC(C)(C)CC(C)(C)C)cc1. The zero-order valence-electron chi connectivity index (χ0n) is 15.8. The number of aryl methyl sites for hydroxylation is 1. The minimum atomic E-state index is -0.510. The number of benzene rings is 1. The normalized spacial score (nSPS) is 13.9. The van der Waals surface area contributed by atoms with E-state index in [9.17, 15) is 5.11 Å². The fourth-order valence-electron chi connectivity index (χ4n) is 3.07. The van der Waals surface area contributed by atoms with E-state index < -0.39 is 6.10 Å². The van der Waals surface area contributed by atoms with Crippen molar-refractivity contribution < 1.29 is 9.84 Å². The highest BCUT2D eigenvalue weighted by Gasteiger charge is 2.25. The van der Waals surface area contributed by atoms with Crippen LogP contribution in [0.1, 0.15) is 59.9 Å². The van der Waals surface area contributed by atoms with Crippen LogP contribution in [0.4, 0.5) is 0 Å². The first-order chi connectivity index (χ1) is 10.6. The van der Waals surface area contributed by atoms with Crippen LogP contribution in [0.5, 0.6) is 5.75 Å². The third-order valence-corrected chi connectivity index (χ3v) is 3.69. The van der Waals surface area contributed by atoms with Crippen LogP contribution < -0.4 is 10.1 Å². The molecule has 0 fully saturated rings. The molecule has 23 heavy (non-hydrogen) atoms. The maximum atomic E-state index is 10.1. The fourth-order valence-corrected chi connectivity index (χ4v) is 3.07. The molecule has 0 aliphatic carbocycles. The third kappa shape index (κ3) is 8.97. The molecule has 3 heteroatoms. The molecule has 0 saturated heterocycles. The van der Waals surface area contributed by atoms with E-state index in [-0.39, 0.29) is 11.0 Å². The number of ether oxygens (including phenoxy) is 1. The van der Waals surface area contributed by atoms with Crippen LogP contribution in [-0.4, -0.2) is 29.9 Å². The van der Waals surface area contributed by atoms with Gasteiger partial charge in [0, 0.05) is 12.1 Å². The van der Waals surface area contributed by atoms with Crippen LogP contribution in [0.3, 0.4) is 0 Å². The summed E-state index contributed by atoms with van der Waals surface area (Å²) in [5.41, 5.74) is 1.59. The summed E-state index contributed by atoms with van der Waals surface area (Å²) in [5.74, 6) is 0.817. The van der Waals surface area contributed by atoms with Crippen LogP contribution >= 0.6 is 0 Å². The molecule has 1 aromatic rings. The Kier molecular flexibility index (Phi) is 7.56. The molecule has 0 aliphatic rings. The molecule has 3 nitrogen and oxygen atoms in total. The first kappa shape index (κ1) is 20.0. The Morgan fingerprint density at radius 3 is 2.22 bits per heavy atom. The number of β-amino-alcohol motifs (C(OH)–C–C–N with tert-alkyl or cyclic N) is 1. The van der Waals surface area contributed by atoms with Gasteiger partial charge in [0.05, 0.1) is 0 Å². The standard InChI is InChI=1S/C20H35NO2/c1-7-8-16-9-11-18(12-10-16)23-14-17(22)13-21-20(5,6)15-19(2,3)4/h9-12,17,21-22H,7-8,13-15H2,1-6H3. The van der Waals surface area contributed by atoms with Crippen molar-refractivity contribution >= 4 is 0 Å². The molecule has 0 heterocycles. The molecule has 1 unspecified atom stereocenters. The lowest BCUT2D eigenvalue weighted by Gasteiger charge is -2.34. The largest absolute Gasteiger partial charge is 0.491 e. The number of aliphatic hydroxyl groups is 1. The Hall–Kier alpha value is -1.06. The number of rotatable bonds is 9. The summed E-state index contributed by atoms with van der Waals surface area (Å²) in [6, 6.07) is 8.15. The number of hydrogen-bond acceptors (Lipinski definition) is 3. The maximum Gasteiger partial charge on any atom is 0.119 e. The average Bonchev–Trinajstić information content (AvgIpc) is 2.42.